The van der Waals surface area contributed by atoms with E-state index in [0.29, 0.717) is 14.9 Å². The summed E-state index contributed by atoms with van der Waals surface area (Å²) in [5, 5.41) is 1.07. The van der Waals surface area contributed by atoms with Crippen LogP contribution in [0.25, 0.3) is 17.0 Å². The average Bonchev–Trinajstić information content (AvgIpc) is 3.26. The minimum atomic E-state index is -0.351. The molecule has 1 saturated heterocycles. The number of fused-ring (bicyclic) bond motifs is 1. The SMILES string of the molecule is O=C1/C(=C/c2cn(Cc3ccccc3)c3ccccc23)SC(=S)N1c1ccc(F)cc1. The highest BCUT2D eigenvalue weighted by Crippen LogP contribution is 2.37. The highest BCUT2D eigenvalue weighted by molar-refractivity contribution is 8.27. The maximum Gasteiger partial charge on any atom is 0.270 e. The zero-order valence-electron chi connectivity index (χ0n) is 16.4. The molecule has 0 saturated carbocycles. The Morgan fingerprint density at radius 2 is 1.65 bits per heavy atom. The van der Waals surface area contributed by atoms with Gasteiger partial charge in [0.2, 0.25) is 0 Å². The molecule has 0 atom stereocenters. The number of anilines is 1. The lowest BCUT2D eigenvalue weighted by molar-refractivity contribution is -0.113. The van der Waals surface area contributed by atoms with Gasteiger partial charge in [0.25, 0.3) is 5.91 Å². The standard InChI is InChI=1S/C25H17FN2OS2/c26-19-10-12-20(13-11-19)28-24(29)23(31-25(28)30)14-18-16-27(15-17-6-2-1-3-7-17)22-9-5-4-8-21(18)22/h1-14,16H,15H2/b23-14-. The first-order chi connectivity index (χ1) is 15.1. The van der Waals surface area contributed by atoms with Crippen LogP contribution in [0.2, 0.25) is 0 Å². The van der Waals surface area contributed by atoms with Crippen LogP contribution in [0.3, 0.4) is 0 Å². The minimum absolute atomic E-state index is 0.193. The first kappa shape index (κ1) is 19.7. The minimum Gasteiger partial charge on any atom is -0.342 e. The van der Waals surface area contributed by atoms with Crippen LogP contribution >= 0.6 is 24.0 Å². The van der Waals surface area contributed by atoms with Gasteiger partial charge in [-0.25, -0.2) is 4.39 Å². The van der Waals surface area contributed by atoms with Crippen molar-refractivity contribution in [2.75, 3.05) is 4.90 Å². The van der Waals surface area contributed by atoms with E-state index in [1.54, 1.807) is 12.1 Å². The first-order valence-electron chi connectivity index (χ1n) is 9.75. The molecule has 4 aromatic rings. The first-order valence-corrected chi connectivity index (χ1v) is 11.0. The summed E-state index contributed by atoms with van der Waals surface area (Å²) in [6.07, 6.45) is 3.97. The molecule has 152 valence electrons. The Morgan fingerprint density at radius 3 is 2.42 bits per heavy atom. The summed E-state index contributed by atoms with van der Waals surface area (Å²) in [6, 6.07) is 24.2. The monoisotopic (exact) mass is 444 g/mol. The topological polar surface area (TPSA) is 25.2 Å². The van der Waals surface area contributed by atoms with E-state index >= 15 is 0 Å². The molecule has 3 aromatic carbocycles. The van der Waals surface area contributed by atoms with Crippen LogP contribution < -0.4 is 4.90 Å². The molecule has 1 amide bonds. The van der Waals surface area contributed by atoms with Gasteiger partial charge in [-0.05, 0) is 42.0 Å². The highest BCUT2D eigenvalue weighted by atomic mass is 32.2. The summed E-state index contributed by atoms with van der Waals surface area (Å²) >= 11 is 6.71. The predicted molar refractivity (Wildman–Crippen MR) is 130 cm³/mol. The largest absolute Gasteiger partial charge is 0.342 e. The number of para-hydroxylation sites is 1. The number of hydrogen-bond acceptors (Lipinski definition) is 3. The number of hydrogen-bond donors (Lipinski definition) is 0. The van der Waals surface area contributed by atoms with Crippen LogP contribution in [0.4, 0.5) is 10.1 Å². The van der Waals surface area contributed by atoms with Gasteiger partial charge in [0.05, 0.1) is 10.6 Å². The molecule has 0 aliphatic carbocycles. The van der Waals surface area contributed by atoms with Gasteiger partial charge < -0.3 is 4.57 Å². The normalized spacial score (nSPS) is 15.4. The van der Waals surface area contributed by atoms with E-state index in [0.717, 1.165) is 23.0 Å². The average molecular weight is 445 g/mol. The van der Waals surface area contributed by atoms with Crippen molar-refractivity contribution >= 4 is 56.9 Å². The summed E-state index contributed by atoms with van der Waals surface area (Å²) in [4.78, 5) is 15.1. The molecule has 0 spiro atoms. The van der Waals surface area contributed by atoms with E-state index < -0.39 is 0 Å². The lowest BCUT2D eigenvalue weighted by Gasteiger charge is -2.14. The molecule has 1 aliphatic rings. The molecule has 0 bridgehead atoms. The molecule has 5 rings (SSSR count). The molecule has 0 N–H and O–H groups in total. The van der Waals surface area contributed by atoms with Crippen molar-refractivity contribution in [3.8, 4) is 0 Å². The Bertz CT molecular complexity index is 1330. The molecular formula is C25H17FN2OS2. The second kappa shape index (κ2) is 8.13. The van der Waals surface area contributed by atoms with Crippen LogP contribution in [0.5, 0.6) is 0 Å². The Balaban J connectivity index is 1.52. The number of thiocarbonyl (C=S) groups is 1. The third kappa shape index (κ3) is 3.80. The van der Waals surface area contributed by atoms with Gasteiger partial charge in [-0.15, -0.1) is 0 Å². The molecule has 1 aromatic heterocycles. The number of halogens is 1. The molecule has 31 heavy (non-hydrogen) atoms. The molecular weight excluding hydrogens is 427 g/mol. The number of carbonyl (C=O) groups is 1. The predicted octanol–water partition coefficient (Wildman–Crippen LogP) is 6.23. The number of carbonyl (C=O) groups excluding carboxylic acids is 1. The summed E-state index contributed by atoms with van der Waals surface area (Å²) in [5.74, 6) is -0.544. The summed E-state index contributed by atoms with van der Waals surface area (Å²) in [7, 11) is 0. The molecule has 2 heterocycles. The number of nitrogens with zero attached hydrogens (tertiary/aromatic N) is 2. The van der Waals surface area contributed by atoms with E-state index in [1.165, 1.54) is 34.4 Å². The third-order valence-corrected chi connectivity index (χ3v) is 6.48. The smallest absolute Gasteiger partial charge is 0.270 e. The van der Waals surface area contributed by atoms with Gasteiger partial charge >= 0.3 is 0 Å². The van der Waals surface area contributed by atoms with Crippen LogP contribution in [-0.2, 0) is 11.3 Å². The fraction of sp³-hybridized carbons (Fsp3) is 0.0400. The lowest BCUT2D eigenvalue weighted by atomic mass is 10.1. The van der Waals surface area contributed by atoms with E-state index in [9.17, 15) is 9.18 Å². The maximum atomic E-state index is 13.3. The summed E-state index contributed by atoms with van der Waals surface area (Å²) in [5.41, 5.74) is 3.84. The third-order valence-electron chi connectivity index (χ3n) is 5.18. The summed E-state index contributed by atoms with van der Waals surface area (Å²) < 4.78 is 15.9. The number of benzene rings is 3. The van der Waals surface area contributed by atoms with E-state index in [2.05, 4.69) is 35.0 Å². The van der Waals surface area contributed by atoms with Crippen molar-refractivity contribution < 1.29 is 9.18 Å². The Labute approximate surface area is 188 Å². The van der Waals surface area contributed by atoms with Gasteiger partial charge in [-0.3, -0.25) is 9.69 Å². The molecule has 0 radical (unpaired) electrons. The molecule has 3 nitrogen and oxygen atoms in total. The number of thioether (sulfide) groups is 1. The van der Waals surface area contributed by atoms with Gasteiger partial charge in [-0.1, -0.05) is 72.5 Å². The van der Waals surface area contributed by atoms with Gasteiger partial charge in [0.15, 0.2) is 4.32 Å². The van der Waals surface area contributed by atoms with E-state index in [4.69, 9.17) is 12.2 Å². The molecule has 1 fully saturated rings. The Hall–Kier alpha value is -3.22. The fourth-order valence-electron chi connectivity index (χ4n) is 3.72. The Morgan fingerprint density at radius 1 is 0.935 bits per heavy atom. The van der Waals surface area contributed by atoms with Gasteiger partial charge in [0.1, 0.15) is 5.82 Å². The maximum absolute atomic E-state index is 13.3. The lowest BCUT2D eigenvalue weighted by Crippen LogP contribution is -2.27. The van der Waals surface area contributed by atoms with Crippen molar-refractivity contribution in [2.45, 2.75) is 6.54 Å². The van der Waals surface area contributed by atoms with Crippen molar-refractivity contribution in [1.82, 2.24) is 4.57 Å². The van der Waals surface area contributed by atoms with Crippen LogP contribution in [0, 0.1) is 5.82 Å². The second-order valence-corrected chi connectivity index (χ2v) is 8.88. The fourth-order valence-corrected chi connectivity index (χ4v) is 5.01. The van der Waals surface area contributed by atoms with Gasteiger partial charge in [-0.2, -0.15) is 0 Å². The van der Waals surface area contributed by atoms with E-state index in [-0.39, 0.29) is 11.7 Å². The molecule has 0 unspecified atom stereocenters. The molecule has 1 aliphatic heterocycles. The van der Waals surface area contributed by atoms with E-state index in [1.807, 2.05) is 36.4 Å². The van der Waals surface area contributed by atoms with Crippen LogP contribution in [0.15, 0.2) is 90.0 Å². The van der Waals surface area contributed by atoms with Crippen molar-refractivity contribution in [3.63, 3.8) is 0 Å². The van der Waals surface area contributed by atoms with Crippen molar-refractivity contribution in [2.24, 2.45) is 0 Å². The Kier molecular flexibility index (Phi) is 5.18. The summed E-state index contributed by atoms with van der Waals surface area (Å²) in [6.45, 7) is 0.742. The zero-order chi connectivity index (χ0) is 21.4. The van der Waals surface area contributed by atoms with Crippen molar-refractivity contribution in [1.29, 1.82) is 0 Å². The van der Waals surface area contributed by atoms with Crippen LogP contribution in [0.1, 0.15) is 11.1 Å². The zero-order valence-corrected chi connectivity index (χ0v) is 18.0. The quantitative estimate of drug-likeness (QED) is 0.275. The number of rotatable bonds is 4. The molecule has 6 heteroatoms. The number of amides is 1. The van der Waals surface area contributed by atoms with Crippen molar-refractivity contribution in [3.05, 3.63) is 107 Å². The van der Waals surface area contributed by atoms with Crippen LogP contribution in [-0.4, -0.2) is 14.8 Å². The van der Waals surface area contributed by atoms with Gasteiger partial charge in [0, 0.05) is 29.2 Å². The highest BCUT2D eigenvalue weighted by Gasteiger charge is 2.33. The number of aromatic nitrogens is 1. The second-order valence-electron chi connectivity index (χ2n) is 7.21.